The number of amides is 2. The Balaban J connectivity index is 0.916. The normalized spacial score (nSPS) is 37.9. The molecule has 6 heterocycles. The van der Waals surface area contributed by atoms with Crippen molar-refractivity contribution in [3.8, 4) is 0 Å². The van der Waals surface area contributed by atoms with Crippen LogP contribution in [0.1, 0.15) is 117 Å². The van der Waals surface area contributed by atoms with E-state index in [9.17, 15) is 19.2 Å². The maximum Gasteiger partial charge on any atom is 0.331 e. The molecule has 6 aliphatic heterocycles. The molecule has 6 fully saturated rings. The topological polar surface area (TPSA) is 99.7 Å². The number of ether oxygens (including phenoxy) is 2. The minimum absolute atomic E-state index is 0.0558. The summed E-state index contributed by atoms with van der Waals surface area (Å²) in [7, 11) is 0. The van der Waals surface area contributed by atoms with Crippen molar-refractivity contribution in [3.05, 3.63) is 23.3 Å². The van der Waals surface area contributed by atoms with Gasteiger partial charge in [0.1, 0.15) is 0 Å². The summed E-state index contributed by atoms with van der Waals surface area (Å²) in [5.74, 6) is -0.0980. The van der Waals surface area contributed by atoms with Gasteiger partial charge in [0.25, 0.3) is 0 Å². The van der Waals surface area contributed by atoms with E-state index < -0.39 is 11.2 Å². The molecule has 8 rings (SSSR count). The molecular formula is C38H54N4O6. The number of nitrogens with zero attached hydrogens (tertiary/aromatic N) is 4. The van der Waals surface area contributed by atoms with E-state index in [1.165, 1.54) is 0 Å². The average Bonchev–Trinajstić information content (AvgIpc) is 3.78. The van der Waals surface area contributed by atoms with Crippen molar-refractivity contribution in [3.63, 3.8) is 0 Å². The molecule has 2 aliphatic carbocycles. The van der Waals surface area contributed by atoms with Crippen LogP contribution >= 0.6 is 0 Å². The highest BCUT2D eigenvalue weighted by Crippen LogP contribution is 2.56. The number of piperidine rings is 2. The van der Waals surface area contributed by atoms with Gasteiger partial charge < -0.3 is 19.3 Å². The van der Waals surface area contributed by atoms with Gasteiger partial charge in [-0.2, -0.15) is 0 Å². The first-order valence-corrected chi connectivity index (χ1v) is 19.3. The van der Waals surface area contributed by atoms with E-state index in [2.05, 4.69) is 33.4 Å². The number of unbranched alkanes of at least 4 members (excludes halogenated alkanes) is 1. The highest BCUT2D eigenvalue weighted by molar-refractivity contribution is 5.88. The molecule has 4 bridgehead atoms. The summed E-state index contributed by atoms with van der Waals surface area (Å²) in [6.07, 6.45) is 17.2. The van der Waals surface area contributed by atoms with Crippen LogP contribution in [-0.4, -0.2) is 117 Å². The highest BCUT2D eigenvalue weighted by Gasteiger charge is 2.66. The number of hydrogen-bond donors (Lipinski definition) is 0. The fourth-order valence-corrected chi connectivity index (χ4v) is 11.6. The van der Waals surface area contributed by atoms with E-state index in [1.807, 2.05) is 0 Å². The fraction of sp³-hybridized carbons (Fsp3) is 0.789. The largest absolute Gasteiger partial charge is 0.450 e. The Hall–Kier alpha value is -2.72. The molecule has 2 amide bonds. The Labute approximate surface area is 285 Å². The first-order valence-electron chi connectivity index (χ1n) is 19.3. The standard InChI is InChI=1S/C38H54N4O6/c1-3-15-41(27-19-25-21-35(45)47-37(25)23-29(27)39-17-9-7-11-31(37)39)33(43)13-5-6-14-34(44)42(16-4-2)28-20-26-22-36(46)48-38(26)24-30(28)40-18-10-8-12-32(38)40/h21-22,27-32H,3-20,23-24H2,1-2H3/t27-,28-,29-,30-,31+,32+,37-,38-/m0/s1. The first-order chi connectivity index (χ1) is 23.3. The van der Waals surface area contributed by atoms with Crippen LogP contribution in [0.25, 0.3) is 0 Å². The summed E-state index contributed by atoms with van der Waals surface area (Å²) in [6, 6.07) is 1.02. The zero-order valence-electron chi connectivity index (χ0n) is 29.0. The smallest absolute Gasteiger partial charge is 0.331 e. The van der Waals surface area contributed by atoms with Crippen LogP contribution in [0.4, 0.5) is 0 Å². The van der Waals surface area contributed by atoms with Crippen molar-refractivity contribution >= 4 is 23.8 Å². The van der Waals surface area contributed by atoms with Crippen molar-refractivity contribution in [1.29, 1.82) is 0 Å². The van der Waals surface area contributed by atoms with Crippen LogP contribution in [0.3, 0.4) is 0 Å². The molecule has 10 heteroatoms. The molecule has 0 N–H and O–H groups in total. The van der Waals surface area contributed by atoms with Crippen LogP contribution in [-0.2, 0) is 28.7 Å². The summed E-state index contributed by atoms with van der Waals surface area (Å²) in [6.45, 7) is 7.69. The zero-order valence-corrected chi connectivity index (χ0v) is 29.0. The Morgan fingerprint density at radius 3 is 1.58 bits per heavy atom. The molecular weight excluding hydrogens is 608 g/mol. The number of esters is 2. The Bertz CT molecular complexity index is 1310. The lowest BCUT2D eigenvalue weighted by atomic mass is 9.75. The quantitative estimate of drug-likeness (QED) is 0.239. The maximum absolute atomic E-state index is 13.9. The lowest BCUT2D eigenvalue weighted by molar-refractivity contribution is -0.150. The van der Waals surface area contributed by atoms with Gasteiger partial charge in [-0.1, -0.05) is 26.7 Å². The van der Waals surface area contributed by atoms with Crippen molar-refractivity contribution in [2.45, 2.75) is 164 Å². The molecule has 4 saturated heterocycles. The summed E-state index contributed by atoms with van der Waals surface area (Å²) < 4.78 is 12.1. The molecule has 2 spiro atoms. The molecule has 8 aliphatic rings. The van der Waals surface area contributed by atoms with Crippen LogP contribution in [0, 0.1) is 0 Å². The average molecular weight is 663 g/mol. The summed E-state index contributed by atoms with van der Waals surface area (Å²) in [5.41, 5.74) is 1.24. The number of hydrogen-bond acceptors (Lipinski definition) is 8. The molecule has 0 radical (unpaired) electrons. The SMILES string of the molecule is CCCN(C(=O)CCCCC(=O)N(CCC)[C@H]1CC2=CC(=O)O[C@@]23C[C@@H]1N1CCCC[C@@H]13)[C@H]1CC2=CC(=O)O[C@@]23C[C@@H]1N1CCCC[C@@H]13. The van der Waals surface area contributed by atoms with E-state index in [4.69, 9.17) is 9.47 Å². The van der Waals surface area contributed by atoms with Crippen LogP contribution in [0.15, 0.2) is 23.3 Å². The molecule has 262 valence electrons. The minimum atomic E-state index is -0.478. The van der Waals surface area contributed by atoms with Crippen LogP contribution in [0.2, 0.25) is 0 Å². The summed E-state index contributed by atoms with van der Waals surface area (Å²) >= 11 is 0. The van der Waals surface area contributed by atoms with E-state index in [-0.39, 0.29) is 60.0 Å². The number of rotatable bonds is 11. The molecule has 48 heavy (non-hydrogen) atoms. The van der Waals surface area contributed by atoms with Gasteiger partial charge in [0.2, 0.25) is 11.8 Å². The summed E-state index contributed by atoms with van der Waals surface area (Å²) in [5, 5.41) is 0. The fourth-order valence-electron chi connectivity index (χ4n) is 11.6. The zero-order chi connectivity index (χ0) is 33.2. The van der Waals surface area contributed by atoms with E-state index in [1.54, 1.807) is 12.2 Å². The Morgan fingerprint density at radius 2 is 1.17 bits per heavy atom. The van der Waals surface area contributed by atoms with Crippen LogP contribution in [0.5, 0.6) is 0 Å². The van der Waals surface area contributed by atoms with Crippen molar-refractivity contribution in [1.82, 2.24) is 19.6 Å². The summed E-state index contributed by atoms with van der Waals surface area (Å²) in [4.78, 5) is 62.3. The van der Waals surface area contributed by atoms with Gasteiger partial charge in [0, 0.05) is 63.0 Å². The van der Waals surface area contributed by atoms with Crippen molar-refractivity contribution in [2.75, 3.05) is 26.2 Å². The molecule has 2 saturated carbocycles. The predicted octanol–water partition coefficient (Wildman–Crippen LogP) is 4.27. The van der Waals surface area contributed by atoms with Gasteiger partial charge in [-0.15, -0.1) is 0 Å². The maximum atomic E-state index is 13.9. The highest BCUT2D eigenvalue weighted by atomic mass is 16.6. The predicted molar refractivity (Wildman–Crippen MR) is 179 cm³/mol. The molecule has 10 nitrogen and oxygen atoms in total. The lowest BCUT2D eigenvalue weighted by Gasteiger charge is -2.42. The van der Waals surface area contributed by atoms with Gasteiger partial charge in [-0.3, -0.25) is 19.4 Å². The second kappa shape index (κ2) is 12.6. The minimum Gasteiger partial charge on any atom is -0.450 e. The first kappa shape index (κ1) is 32.5. The van der Waals surface area contributed by atoms with Gasteiger partial charge in [-0.05, 0) is 88.4 Å². The van der Waals surface area contributed by atoms with E-state index in [0.717, 1.165) is 88.4 Å². The Morgan fingerprint density at radius 1 is 0.729 bits per heavy atom. The third-order valence-electron chi connectivity index (χ3n) is 13.4. The molecule has 0 aromatic rings. The third-order valence-corrected chi connectivity index (χ3v) is 13.4. The lowest BCUT2D eigenvalue weighted by Crippen LogP contribution is -2.54. The third kappa shape index (κ3) is 5.01. The van der Waals surface area contributed by atoms with Gasteiger partial charge >= 0.3 is 11.9 Å². The van der Waals surface area contributed by atoms with E-state index >= 15 is 0 Å². The molecule has 8 atom stereocenters. The van der Waals surface area contributed by atoms with Crippen molar-refractivity contribution < 1.29 is 28.7 Å². The van der Waals surface area contributed by atoms with Gasteiger partial charge in [-0.25, -0.2) is 9.59 Å². The van der Waals surface area contributed by atoms with Gasteiger partial charge in [0.15, 0.2) is 11.2 Å². The van der Waals surface area contributed by atoms with Gasteiger partial charge in [0.05, 0.1) is 24.2 Å². The monoisotopic (exact) mass is 662 g/mol. The van der Waals surface area contributed by atoms with Crippen molar-refractivity contribution in [2.24, 2.45) is 0 Å². The van der Waals surface area contributed by atoms with E-state index in [0.29, 0.717) is 51.6 Å². The number of fused-ring (bicyclic) bond motifs is 6. The second-order valence-electron chi connectivity index (χ2n) is 15.9. The molecule has 0 unspecified atom stereocenters. The molecule has 0 aromatic carbocycles. The Kier molecular flexibility index (Phi) is 8.50. The van der Waals surface area contributed by atoms with Crippen LogP contribution < -0.4 is 0 Å². The second-order valence-corrected chi connectivity index (χ2v) is 15.9. The molecule has 0 aromatic heterocycles. The number of carbonyl (C=O) groups excluding carboxylic acids is 4. The number of carbonyl (C=O) groups is 4.